The molecule has 1 heterocycles. The Morgan fingerprint density at radius 1 is 1.28 bits per heavy atom. The second-order valence-electron chi connectivity index (χ2n) is 3.42. The molecule has 0 saturated carbocycles. The van der Waals surface area contributed by atoms with Crippen LogP contribution in [0.3, 0.4) is 0 Å². The molecule has 0 atom stereocenters. The van der Waals surface area contributed by atoms with Gasteiger partial charge in [0.15, 0.2) is 0 Å². The molecule has 0 saturated heterocycles. The minimum atomic E-state index is -0.560. The molecule has 1 amide bonds. The number of amides is 1. The van der Waals surface area contributed by atoms with Crippen molar-refractivity contribution in [3.05, 3.63) is 62.9 Å². The summed E-state index contributed by atoms with van der Waals surface area (Å²) in [5.74, 6) is -1.12. The number of carbonyl (C=O) groups excluding carboxylic acids is 1. The molecule has 0 spiro atoms. The zero-order valence-electron chi connectivity index (χ0n) is 8.94. The predicted octanol–water partition coefficient (Wildman–Crippen LogP) is 2.79. The summed E-state index contributed by atoms with van der Waals surface area (Å²) in [6.45, 7) is 0. The highest BCUT2D eigenvalue weighted by Crippen LogP contribution is 2.19. The number of benzene rings is 1. The van der Waals surface area contributed by atoms with Crippen LogP contribution in [-0.4, -0.2) is 5.91 Å². The average molecular weight is 312 g/mol. The third-order valence-corrected chi connectivity index (χ3v) is 2.64. The SMILES string of the molecule is O=C(Nc1ccc(Br)cc1F)c1ccc(=O)oc1. The minimum absolute atomic E-state index is 0.0504. The number of hydrogen-bond acceptors (Lipinski definition) is 3. The van der Waals surface area contributed by atoms with E-state index in [-0.39, 0.29) is 11.3 Å². The van der Waals surface area contributed by atoms with Gasteiger partial charge in [0.2, 0.25) is 0 Å². The van der Waals surface area contributed by atoms with Crippen molar-refractivity contribution < 1.29 is 13.6 Å². The van der Waals surface area contributed by atoms with E-state index in [2.05, 4.69) is 25.7 Å². The molecule has 0 radical (unpaired) electrons. The molecule has 1 N–H and O–H groups in total. The molecule has 4 nitrogen and oxygen atoms in total. The van der Waals surface area contributed by atoms with Crippen LogP contribution in [0.15, 0.2) is 50.3 Å². The van der Waals surface area contributed by atoms with Crippen molar-refractivity contribution in [2.45, 2.75) is 0 Å². The van der Waals surface area contributed by atoms with Gasteiger partial charge >= 0.3 is 5.63 Å². The summed E-state index contributed by atoms with van der Waals surface area (Å²) in [6.07, 6.45) is 1.02. The largest absolute Gasteiger partial charge is 0.430 e. The van der Waals surface area contributed by atoms with Gasteiger partial charge in [-0.3, -0.25) is 4.79 Å². The second kappa shape index (κ2) is 5.14. The van der Waals surface area contributed by atoms with Crippen molar-refractivity contribution in [1.82, 2.24) is 0 Å². The van der Waals surface area contributed by atoms with Crippen LogP contribution in [0.5, 0.6) is 0 Å². The summed E-state index contributed by atoms with van der Waals surface area (Å²) >= 11 is 3.11. The second-order valence-corrected chi connectivity index (χ2v) is 4.34. The standard InChI is InChI=1S/C12H7BrFNO3/c13-8-2-3-10(9(14)5-8)15-12(17)7-1-4-11(16)18-6-7/h1-6H,(H,15,17). The van der Waals surface area contributed by atoms with Gasteiger partial charge in [0, 0.05) is 10.5 Å². The predicted molar refractivity (Wildman–Crippen MR) is 67.0 cm³/mol. The smallest absolute Gasteiger partial charge is 0.335 e. The van der Waals surface area contributed by atoms with Gasteiger partial charge in [-0.05, 0) is 24.3 Å². The Kier molecular flexibility index (Phi) is 3.57. The molecule has 92 valence electrons. The highest BCUT2D eigenvalue weighted by atomic mass is 79.9. The molecule has 2 rings (SSSR count). The third kappa shape index (κ3) is 2.84. The van der Waals surface area contributed by atoms with Gasteiger partial charge < -0.3 is 9.73 Å². The van der Waals surface area contributed by atoms with E-state index in [1.165, 1.54) is 18.2 Å². The Hall–Kier alpha value is -1.95. The monoisotopic (exact) mass is 311 g/mol. The first-order chi connectivity index (χ1) is 8.56. The van der Waals surface area contributed by atoms with Crippen molar-refractivity contribution in [1.29, 1.82) is 0 Å². The number of carbonyl (C=O) groups is 1. The highest BCUT2D eigenvalue weighted by molar-refractivity contribution is 9.10. The van der Waals surface area contributed by atoms with Crippen molar-refractivity contribution in [2.75, 3.05) is 5.32 Å². The lowest BCUT2D eigenvalue weighted by atomic mass is 10.2. The van der Waals surface area contributed by atoms with Crippen LogP contribution in [0.2, 0.25) is 0 Å². The molecule has 0 fully saturated rings. The fraction of sp³-hybridized carbons (Fsp3) is 0. The maximum absolute atomic E-state index is 13.5. The van der Waals surface area contributed by atoms with Crippen LogP contribution in [0.4, 0.5) is 10.1 Å². The van der Waals surface area contributed by atoms with Gasteiger partial charge in [0.05, 0.1) is 11.3 Å². The normalized spacial score (nSPS) is 10.1. The Morgan fingerprint density at radius 2 is 2.06 bits per heavy atom. The van der Waals surface area contributed by atoms with Crippen LogP contribution < -0.4 is 10.9 Å². The molecule has 18 heavy (non-hydrogen) atoms. The minimum Gasteiger partial charge on any atom is -0.430 e. The van der Waals surface area contributed by atoms with E-state index in [9.17, 15) is 14.0 Å². The van der Waals surface area contributed by atoms with Gasteiger partial charge in [-0.25, -0.2) is 9.18 Å². The summed E-state index contributed by atoms with van der Waals surface area (Å²) in [7, 11) is 0. The molecular formula is C12H7BrFNO3. The summed E-state index contributed by atoms with van der Waals surface area (Å²) in [5.41, 5.74) is -0.368. The van der Waals surface area contributed by atoms with Crippen LogP contribution >= 0.6 is 15.9 Å². The maximum Gasteiger partial charge on any atom is 0.335 e. The average Bonchev–Trinajstić information content (AvgIpc) is 2.33. The fourth-order valence-corrected chi connectivity index (χ4v) is 1.61. The van der Waals surface area contributed by atoms with Crippen LogP contribution in [-0.2, 0) is 0 Å². The van der Waals surface area contributed by atoms with Gasteiger partial charge in [-0.15, -0.1) is 0 Å². The summed E-state index contributed by atoms with van der Waals surface area (Å²) in [5, 5.41) is 2.38. The van der Waals surface area contributed by atoms with Crippen LogP contribution in [0, 0.1) is 5.82 Å². The van der Waals surface area contributed by atoms with Crippen LogP contribution in [0.1, 0.15) is 10.4 Å². The van der Waals surface area contributed by atoms with Crippen molar-refractivity contribution in [3.8, 4) is 0 Å². The third-order valence-electron chi connectivity index (χ3n) is 2.14. The van der Waals surface area contributed by atoms with E-state index < -0.39 is 17.3 Å². The molecule has 1 aromatic heterocycles. The molecule has 0 aliphatic rings. The quantitative estimate of drug-likeness (QED) is 0.927. The number of anilines is 1. The van der Waals surface area contributed by atoms with Crippen molar-refractivity contribution in [3.63, 3.8) is 0 Å². The fourth-order valence-electron chi connectivity index (χ4n) is 1.27. The lowest BCUT2D eigenvalue weighted by Gasteiger charge is -2.05. The zero-order chi connectivity index (χ0) is 13.1. The Bertz CT molecular complexity index is 634. The number of halogens is 2. The van der Waals surface area contributed by atoms with E-state index in [1.807, 2.05) is 0 Å². The molecular weight excluding hydrogens is 305 g/mol. The van der Waals surface area contributed by atoms with E-state index >= 15 is 0 Å². The maximum atomic E-state index is 13.5. The molecule has 0 aliphatic carbocycles. The summed E-state index contributed by atoms with van der Waals surface area (Å²) < 4.78 is 18.6. The van der Waals surface area contributed by atoms with Gasteiger partial charge in [0.25, 0.3) is 5.91 Å². The first-order valence-corrected chi connectivity index (χ1v) is 5.71. The summed E-state index contributed by atoms with van der Waals surface area (Å²) in [4.78, 5) is 22.4. The Morgan fingerprint density at radius 3 is 2.67 bits per heavy atom. The molecule has 6 heteroatoms. The van der Waals surface area contributed by atoms with Crippen molar-refractivity contribution in [2.24, 2.45) is 0 Å². The molecule has 0 aliphatic heterocycles. The van der Waals surface area contributed by atoms with E-state index in [1.54, 1.807) is 6.07 Å². The van der Waals surface area contributed by atoms with Gasteiger partial charge in [-0.2, -0.15) is 0 Å². The summed E-state index contributed by atoms with van der Waals surface area (Å²) in [6, 6.07) is 6.69. The Balaban J connectivity index is 2.21. The molecule has 2 aromatic rings. The van der Waals surface area contributed by atoms with Gasteiger partial charge in [0.1, 0.15) is 12.1 Å². The van der Waals surface area contributed by atoms with Crippen LogP contribution in [0.25, 0.3) is 0 Å². The van der Waals surface area contributed by atoms with Gasteiger partial charge in [-0.1, -0.05) is 15.9 Å². The first kappa shape index (κ1) is 12.5. The topological polar surface area (TPSA) is 59.3 Å². The first-order valence-electron chi connectivity index (χ1n) is 4.91. The molecule has 0 bridgehead atoms. The van der Waals surface area contributed by atoms with Crippen molar-refractivity contribution >= 4 is 27.5 Å². The van der Waals surface area contributed by atoms with E-state index in [0.29, 0.717) is 4.47 Å². The number of rotatable bonds is 2. The lowest BCUT2D eigenvalue weighted by Crippen LogP contribution is -2.13. The molecule has 1 aromatic carbocycles. The highest BCUT2D eigenvalue weighted by Gasteiger charge is 2.10. The van der Waals surface area contributed by atoms with E-state index in [0.717, 1.165) is 12.3 Å². The number of hydrogen-bond donors (Lipinski definition) is 1. The van der Waals surface area contributed by atoms with E-state index in [4.69, 9.17) is 0 Å². The lowest BCUT2D eigenvalue weighted by molar-refractivity contribution is 0.102. The molecule has 0 unspecified atom stereocenters. The Labute approximate surface area is 110 Å². The zero-order valence-corrected chi connectivity index (χ0v) is 10.5. The number of nitrogens with one attached hydrogen (secondary N) is 1.